The summed E-state index contributed by atoms with van der Waals surface area (Å²) in [5, 5.41) is 2.73. The summed E-state index contributed by atoms with van der Waals surface area (Å²) in [5.41, 5.74) is -0.372. The molecule has 8 heteroatoms. The molecule has 4 nitrogen and oxygen atoms in total. The maximum Gasteiger partial charge on any atom is 0.340 e. The van der Waals surface area contributed by atoms with Crippen LogP contribution in [0.5, 0.6) is 0 Å². The number of nitrogens with one attached hydrogen (secondary N) is 1. The van der Waals surface area contributed by atoms with Gasteiger partial charge in [0, 0.05) is 6.07 Å². The molecule has 2 aromatic rings. The van der Waals surface area contributed by atoms with E-state index in [1.54, 1.807) is 6.07 Å². The maximum absolute atomic E-state index is 13.7. The molecule has 0 bridgehead atoms. The van der Waals surface area contributed by atoms with Gasteiger partial charge < -0.3 is 14.5 Å². The number of hydrogen-bond acceptors (Lipinski definition) is 4. The first kappa shape index (κ1) is 16.0. The van der Waals surface area contributed by atoms with Gasteiger partial charge in [0.05, 0.1) is 29.4 Å². The van der Waals surface area contributed by atoms with Gasteiger partial charge in [-0.1, -0.05) is 0 Å². The molecule has 112 valence electrons. The van der Waals surface area contributed by atoms with E-state index in [0.717, 1.165) is 13.2 Å². The van der Waals surface area contributed by atoms with Crippen LogP contribution < -0.4 is 5.32 Å². The fourth-order valence-corrected chi connectivity index (χ4v) is 2.27. The third-order valence-electron chi connectivity index (χ3n) is 2.61. The molecule has 0 unspecified atom stereocenters. The molecule has 1 N–H and O–H groups in total. The lowest BCUT2D eigenvalue weighted by Gasteiger charge is -2.08. The third kappa shape index (κ3) is 3.62. The Morgan fingerprint density at radius 2 is 2.00 bits per heavy atom. The number of carbonyl (C=O) groups is 1. The highest BCUT2D eigenvalue weighted by Gasteiger charge is 2.17. The lowest BCUT2D eigenvalue weighted by Crippen LogP contribution is -2.08. The summed E-state index contributed by atoms with van der Waals surface area (Å²) < 4.78 is 38.1. The van der Waals surface area contributed by atoms with Crippen molar-refractivity contribution in [3.63, 3.8) is 0 Å². The molecule has 0 fully saturated rings. The molecule has 21 heavy (non-hydrogen) atoms. The van der Waals surface area contributed by atoms with Crippen molar-refractivity contribution in [1.82, 2.24) is 0 Å². The predicted octanol–water partition coefficient (Wildman–Crippen LogP) is 4.48. The van der Waals surface area contributed by atoms with Crippen LogP contribution in [-0.4, -0.2) is 13.1 Å². The molecule has 0 atom stereocenters. The fourth-order valence-electron chi connectivity index (χ4n) is 1.61. The molecule has 1 aromatic carbocycles. The molecule has 0 aliphatic rings. The van der Waals surface area contributed by atoms with Crippen molar-refractivity contribution in [2.45, 2.75) is 6.54 Å². The van der Waals surface area contributed by atoms with Gasteiger partial charge in [0.25, 0.3) is 0 Å². The first-order chi connectivity index (χ1) is 9.92. The number of methoxy groups -OCH3 is 1. The van der Waals surface area contributed by atoms with Crippen LogP contribution >= 0.6 is 31.9 Å². The van der Waals surface area contributed by atoms with Gasteiger partial charge in [-0.15, -0.1) is 0 Å². The van der Waals surface area contributed by atoms with Crippen molar-refractivity contribution < 1.29 is 22.7 Å². The lowest BCUT2D eigenvalue weighted by atomic mass is 10.1. The van der Waals surface area contributed by atoms with E-state index in [-0.39, 0.29) is 17.8 Å². The van der Waals surface area contributed by atoms with Crippen LogP contribution in [0.3, 0.4) is 0 Å². The van der Waals surface area contributed by atoms with Crippen LogP contribution in [0, 0.1) is 11.6 Å². The van der Waals surface area contributed by atoms with E-state index in [4.69, 9.17) is 4.42 Å². The Morgan fingerprint density at radius 3 is 2.57 bits per heavy atom. The average molecular weight is 425 g/mol. The van der Waals surface area contributed by atoms with Crippen LogP contribution in [-0.2, 0) is 11.3 Å². The summed E-state index contributed by atoms with van der Waals surface area (Å²) in [6, 6.07) is 3.38. The fraction of sp³-hybridized carbons (Fsp3) is 0.154. The molecule has 0 spiro atoms. The van der Waals surface area contributed by atoms with Crippen molar-refractivity contribution in [2.75, 3.05) is 12.4 Å². The minimum absolute atomic E-state index is 0.0274. The van der Waals surface area contributed by atoms with Gasteiger partial charge in [-0.2, -0.15) is 0 Å². The van der Waals surface area contributed by atoms with Crippen molar-refractivity contribution in [3.05, 3.63) is 50.3 Å². The monoisotopic (exact) mass is 423 g/mol. The Kier molecular flexibility index (Phi) is 5.00. The zero-order chi connectivity index (χ0) is 15.6. The highest BCUT2D eigenvalue weighted by atomic mass is 79.9. The van der Waals surface area contributed by atoms with Gasteiger partial charge in [0.1, 0.15) is 17.4 Å². The Hall–Kier alpha value is -1.41. The summed E-state index contributed by atoms with van der Waals surface area (Å²) in [4.78, 5) is 11.4. The number of halogens is 4. The van der Waals surface area contributed by atoms with Gasteiger partial charge in [-0.3, -0.25) is 0 Å². The number of ether oxygens (including phenoxy) is 1. The molecular weight excluding hydrogens is 416 g/mol. The lowest BCUT2D eigenvalue weighted by molar-refractivity contribution is 0.0595. The van der Waals surface area contributed by atoms with Gasteiger partial charge in [0.2, 0.25) is 0 Å². The van der Waals surface area contributed by atoms with Crippen LogP contribution in [0.1, 0.15) is 16.1 Å². The van der Waals surface area contributed by atoms with E-state index in [1.165, 1.54) is 0 Å². The van der Waals surface area contributed by atoms with Gasteiger partial charge in [-0.05, 0) is 44.0 Å². The smallest absolute Gasteiger partial charge is 0.340 e. The molecule has 0 amide bonds. The third-order valence-corrected chi connectivity index (χ3v) is 4.32. The quantitative estimate of drug-likeness (QED) is 0.735. The number of esters is 1. The minimum atomic E-state index is -0.978. The summed E-state index contributed by atoms with van der Waals surface area (Å²) in [6.07, 6.45) is 0. The Balaban J connectivity index is 2.21. The zero-order valence-corrected chi connectivity index (χ0v) is 13.8. The topological polar surface area (TPSA) is 51.5 Å². The summed E-state index contributed by atoms with van der Waals surface area (Å²) >= 11 is 6.43. The largest absolute Gasteiger partial charge is 0.465 e. The molecule has 0 aliphatic carbocycles. The summed E-state index contributed by atoms with van der Waals surface area (Å²) in [7, 11) is 1.12. The molecule has 1 heterocycles. The molecule has 2 rings (SSSR count). The standard InChI is InChI=1S/C13H9Br2F2NO3/c1-20-13(19)7-3-11(10(17)4-9(7)16)18-5-6-2-8(14)12(15)21-6/h2-4,18H,5H2,1H3. The molecule has 0 saturated heterocycles. The number of anilines is 1. The second-order valence-electron chi connectivity index (χ2n) is 3.99. The van der Waals surface area contributed by atoms with Crippen molar-refractivity contribution in [2.24, 2.45) is 0 Å². The number of furan rings is 1. The minimum Gasteiger partial charge on any atom is -0.465 e. The number of benzene rings is 1. The number of hydrogen-bond donors (Lipinski definition) is 1. The molecule has 1 aromatic heterocycles. The Labute approximate surface area is 135 Å². The first-order valence-electron chi connectivity index (χ1n) is 5.67. The van der Waals surface area contributed by atoms with Gasteiger partial charge in [0.15, 0.2) is 4.67 Å². The van der Waals surface area contributed by atoms with Gasteiger partial charge >= 0.3 is 5.97 Å². The SMILES string of the molecule is COC(=O)c1cc(NCc2cc(Br)c(Br)o2)c(F)cc1F. The Morgan fingerprint density at radius 1 is 1.29 bits per heavy atom. The highest BCUT2D eigenvalue weighted by Crippen LogP contribution is 2.27. The van der Waals surface area contributed by atoms with E-state index in [2.05, 4.69) is 41.9 Å². The van der Waals surface area contributed by atoms with Crippen molar-refractivity contribution >= 4 is 43.5 Å². The van der Waals surface area contributed by atoms with Crippen LogP contribution in [0.4, 0.5) is 14.5 Å². The normalized spacial score (nSPS) is 10.5. The zero-order valence-electron chi connectivity index (χ0n) is 10.7. The molecule has 0 saturated carbocycles. The van der Waals surface area contributed by atoms with E-state index >= 15 is 0 Å². The second kappa shape index (κ2) is 6.57. The summed E-state index contributed by atoms with van der Waals surface area (Å²) in [6.45, 7) is 0.160. The summed E-state index contributed by atoms with van der Waals surface area (Å²) in [5.74, 6) is -2.14. The average Bonchev–Trinajstić information content (AvgIpc) is 2.76. The van der Waals surface area contributed by atoms with E-state index < -0.39 is 17.6 Å². The van der Waals surface area contributed by atoms with E-state index in [9.17, 15) is 13.6 Å². The number of carbonyl (C=O) groups excluding carboxylic acids is 1. The Bertz CT molecular complexity index is 669. The molecule has 0 radical (unpaired) electrons. The maximum atomic E-state index is 13.7. The highest BCUT2D eigenvalue weighted by molar-refractivity contribution is 9.13. The molecule has 0 aliphatic heterocycles. The van der Waals surface area contributed by atoms with Gasteiger partial charge in [-0.25, -0.2) is 13.6 Å². The second-order valence-corrected chi connectivity index (χ2v) is 5.57. The van der Waals surface area contributed by atoms with Crippen LogP contribution in [0.25, 0.3) is 0 Å². The van der Waals surface area contributed by atoms with Crippen LogP contribution in [0.2, 0.25) is 0 Å². The first-order valence-corrected chi connectivity index (χ1v) is 7.26. The predicted molar refractivity (Wildman–Crippen MR) is 79.1 cm³/mol. The van der Waals surface area contributed by atoms with Crippen LogP contribution in [0.15, 0.2) is 31.8 Å². The van der Waals surface area contributed by atoms with E-state index in [0.29, 0.717) is 21.0 Å². The van der Waals surface area contributed by atoms with Crippen molar-refractivity contribution in [3.8, 4) is 0 Å². The van der Waals surface area contributed by atoms with E-state index in [1.807, 2.05) is 0 Å². The van der Waals surface area contributed by atoms with Crippen molar-refractivity contribution in [1.29, 1.82) is 0 Å². The molecular formula is C13H9Br2F2NO3. The number of rotatable bonds is 4.